The van der Waals surface area contributed by atoms with Crippen molar-refractivity contribution in [2.75, 3.05) is 32.7 Å². The fourth-order valence-corrected chi connectivity index (χ4v) is 5.77. The van der Waals surface area contributed by atoms with Crippen LogP contribution in [0.1, 0.15) is 16.8 Å². The number of β-lactam (4-membered cyclic amide) rings is 1. The number of carbonyl (C=O) groups is 5. The monoisotopic (exact) mass is 540 g/mol. The van der Waals surface area contributed by atoms with Crippen LogP contribution in [0.4, 0.5) is 4.79 Å². The molecular weight excluding hydrogens is 520 g/mol. The van der Waals surface area contributed by atoms with Crippen LogP contribution in [-0.2, 0) is 14.4 Å². The molecule has 0 aromatic heterocycles. The van der Waals surface area contributed by atoms with E-state index in [-0.39, 0.29) is 61.0 Å². The number of phenolic OH excluding ortho intramolecular Hbond substituents is 2. The Kier molecular flexibility index (Phi) is 6.86. The molecule has 14 nitrogen and oxygen atoms in total. The predicted octanol–water partition coefficient (Wildman–Crippen LogP) is -0.593. The molecule has 5 N–H and O–H groups in total. The van der Waals surface area contributed by atoms with E-state index in [0.29, 0.717) is 0 Å². The molecule has 0 saturated carbocycles. The van der Waals surface area contributed by atoms with Crippen LogP contribution in [0.15, 0.2) is 17.2 Å². The zero-order chi connectivity index (χ0) is 26.2. The van der Waals surface area contributed by atoms with Crippen LogP contribution in [0.3, 0.4) is 0 Å². The van der Waals surface area contributed by atoms with Gasteiger partial charge in [-0.3, -0.25) is 19.3 Å². The summed E-state index contributed by atoms with van der Waals surface area (Å²) in [5.74, 6) is -3.77. The van der Waals surface area contributed by atoms with Gasteiger partial charge in [-0.05, 0) is 12.1 Å². The number of hydrazone groups is 1. The van der Waals surface area contributed by atoms with Crippen LogP contribution in [0, 0.1) is 0 Å². The molecule has 3 heterocycles. The minimum Gasteiger partial charge on any atom is -0.504 e. The summed E-state index contributed by atoms with van der Waals surface area (Å²) in [5, 5.41) is 38.0. The van der Waals surface area contributed by atoms with Crippen LogP contribution in [0.25, 0.3) is 0 Å². The molecule has 36 heavy (non-hydrogen) atoms. The Bertz CT molecular complexity index is 1180. The number of carboxylic acids is 1. The molecule has 3 saturated heterocycles. The molecule has 2 atom stereocenters. The first-order valence-corrected chi connectivity index (χ1v) is 11.9. The van der Waals surface area contributed by atoms with E-state index in [1.54, 1.807) is 0 Å². The molecule has 3 fully saturated rings. The summed E-state index contributed by atoms with van der Waals surface area (Å²) in [6.07, 6.45) is 1.10. The van der Waals surface area contributed by atoms with Crippen LogP contribution in [-0.4, -0.2) is 109 Å². The first kappa shape index (κ1) is 25.4. The summed E-state index contributed by atoms with van der Waals surface area (Å²) >= 11 is 6.88. The van der Waals surface area contributed by atoms with Gasteiger partial charge in [0.2, 0.25) is 10.8 Å². The number of aliphatic carboxylic acids is 1. The lowest BCUT2D eigenvalue weighted by molar-refractivity contribution is -0.147. The van der Waals surface area contributed by atoms with Crippen molar-refractivity contribution >= 4 is 59.3 Å². The predicted molar refractivity (Wildman–Crippen MR) is 126 cm³/mol. The Hall–Kier alpha value is -3.72. The van der Waals surface area contributed by atoms with Crippen molar-refractivity contribution in [1.29, 1.82) is 0 Å². The van der Waals surface area contributed by atoms with Gasteiger partial charge in [0.25, 0.3) is 11.8 Å². The van der Waals surface area contributed by atoms with Gasteiger partial charge in [0, 0.05) is 19.6 Å². The lowest BCUT2D eigenvalue weighted by Crippen LogP contribution is -2.56. The fraction of sp³-hybridized carbons (Fsp3) is 0.400. The second-order valence-electron chi connectivity index (χ2n) is 8.03. The molecule has 0 spiro atoms. The molecule has 0 aliphatic carbocycles. The second kappa shape index (κ2) is 9.73. The van der Waals surface area contributed by atoms with Crippen molar-refractivity contribution in [2.24, 2.45) is 5.10 Å². The van der Waals surface area contributed by atoms with E-state index in [1.165, 1.54) is 11.0 Å². The lowest BCUT2D eigenvalue weighted by Gasteiger charge is -2.33. The van der Waals surface area contributed by atoms with Crippen molar-refractivity contribution in [3.8, 4) is 11.5 Å². The lowest BCUT2D eigenvalue weighted by atomic mass is 10.1. The standard InChI is InChI=1S/C20H21ClN6O8S/c21-15-10(1-2-11(28)16(15)31)17(32)23-4-3-22-12(29)8-24-27-6-5-26(19(27)35)20(18(33)34)9-25-13(30)7-14(25)36-20/h1-2,8,14,28,31H,3-7,9H2,(H,22,29)(H,23,32)(H,33,34)/b24-8+. The quantitative estimate of drug-likeness (QED) is 0.124. The molecule has 2 unspecified atom stereocenters. The molecule has 5 amide bonds. The number of thioether (sulfide) groups is 1. The van der Waals surface area contributed by atoms with Crippen LogP contribution < -0.4 is 10.6 Å². The number of phenols is 2. The van der Waals surface area contributed by atoms with Gasteiger partial charge in [-0.25, -0.2) is 14.6 Å². The van der Waals surface area contributed by atoms with E-state index in [2.05, 4.69) is 15.7 Å². The van der Waals surface area contributed by atoms with Gasteiger partial charge in [-0.15, -0.1) is 0 Å². The molecule has 16 heteroatoms. The number of carboxylic acid groups (broad SMARTS) is 1. The minimum atomic E-state index is -1.60. The second-order valence-corrected chi connectivity index (χ2v) is 9.86. The average Bonchev–Trinajstić information content (AvgIpc) is 3.36. The van der Waals surface area contributed by atoms with Gasteiger partial charge >= 0.3 is 12.0 Å². The molecule has 3 aliphatic heterocycles. The number of nitrogens with one attached hydrogen (secondary N) is 2. The molecule has 1 aromatic rings. The summed E-state index contributed by atoms with van der Waals surface area (Å²) in [6.45, 7) is 0.0191. The van der Waals surface area contributed by atoms with Crippen molar-refractivity contribution in [3.05, 3.63) is 22.7 Å². The number of benzene rings is 1. The Balaban J connectivity index is 1.25. The van der Waals surface area contributed by atoms with Crippen molar-refractivity contribution < 1.29 is 39.3 Å². The highest BCUT2D eigenvalue weighted by atomic mass is 35.5. The zero-order valence-electron chi connectivity index (χ0n) is 18.5. The zero-order valence-corrected chi connectivity index (χ0v) is 20.1. The van der Waals surface area contributed by atoms with Gasteiger partial charge in [0.15, 0.2) is 11.5 Å². The third kappa shape index (κ3) is 4.46. The Morgan fingerprint density at radius 3 is 2.58 bits per heavy atom. The van der Waals surface area contributed by atoms with Gasteiger partial charge in [0.1, 0.15) is 6.21 Å². The van der Waals surface area contributed by atoms with Gasteiger partial charge in [-0.1, -0.05) is 23.4 Å². The summed E-state index contributed by atoms with van der Waals surface area (Å²) in [5.41, 5.74) is -0.0642. The Labute approximate surface area is 212 Å². The van der Waals surface area contributed by atoms with Gasteiger partial charge in [-0.2, -0.15) is 5.10 Å². The number of nitrogens with zero attached hydrogens (tertiary/aromatic N) is 4. The SMILES string of the molecule is O=C(/C=N/N1CCN(C2(C(=O)O)CN3C(=O)CC3S2)C1=O)NCCNC(=O)c1ccc(O)c(O)c1Cl. The molecule has 192 valence electrons. The minimum absolute atomic E-state index is 0.00153. The summed E-state index contributed by atoms with van der Waals surface area (Å²) in [6, 6.07) is 1.65. The normalized spacial score (nSPS) is 23.1. The maximum absolute atomic E-state index is 12.8. The van der Waals surface area contributed by atoms with E-state index < -0.39 is 40.2 Å². The van der Waals surface area contributed by atoms with Gasteiger partial charge < -0.3 is 30.9 Å². The first-order chi connectivity index (χ1) is 17.0. The maximum Gasteiger partial charge on any atom is 0.342 e. The molecule has 4 rings (SSSR count). The molecule has 0 bridgehead atoms. The number of hydrogen-bond donors (Lipinski definition) is 5. The van der Waals surface area contributed by atoms with Crippen molar-refractivity contribution in [2.45, 2.75) is 16.7 Å². The number of halogens is 1. The first-order valence-electron chi connectivity index (χ1n) is 10.7. The highest BCUT2D eigenvalue weighted by Crippen LogP contribution is 2.49. The number of fused-ring (bicyclic) bond motifs is 1. The van der Waals surface area contributed by atoms with Crippen molar-refractivity contribution in [1.82, 2.24) is 25.4 Å². The number of hydrogen-bond acceptors (Lipinski definition) is 9. The molecule has 1 aromatic carbocycles. The van der Waals surface area contributed by atoms with Crippen LogP contribution >= 0.6 is 23.4 Å². The number of rotatable bonds is 8. The number of amides is 5. The number of urea groups is 1. The summed E-state index contributed by atoms with van der Waals surface area (Å²) in [7, 11) is 0. The molecular formula is C20H21ClN6O8S. The molecule has 3 aliphatic rings. The van der Waals surface area contributed by atoms with Gasteiger partial charge in [0.05, 0.1) is 35.5 Å². The van der Waals surface area contributed by atoms with Crippen LogP contribution in [0.5, 0.6) is 11.5 Å². The fourth-order valence-electron chi connectivity index (χ4n) is 3.92. The van der Waals surface area contributed by atoms with E-state index >= 15 is 0 Å². The number of aromatic hydroxyl groups is 2. The summed E-state index contributed by atoms with van der Waals surface area (Å²) in [4.78, 5) is 61.7. The highest BCUT2D eigenvalue weighted by molar-refractivity contribution is 8.02. The smallest absolute Gasteiger partial charge is 0.342 e. The number of carbonyl (C=O) groups excluding carboxylic acids is 4. The maximum atomic E-state index is 12.8. The molecule has 0 radical (unpaired) electrons. The van der Waals surface area contributed by atoms with E-state index in [9.17, 15) is 39.3 Å². The van der Waals surface area contributed by atoms with Crippen molar-refractivity contribution in [3.63, 3.8) is 0 Å². The van der Waals surface area contributed by atoms with E-state index in [0.717, 1.165) is 34.0 Å². The van der Waals surface area contributed by atoms with Crippen LogP contribution in [0.2, 0.25) is 5.02 Å². The topological polar surface area (TPSA) is 192 Å². The third-order valence-corrected chi connectivity index (χ3v) is 7.84. The third-order valence-electron chi connectivity index (χ3n) is 5.85. The summed E-state index contributed by atoms with van der Waals surface area (Å²) < 4.78 is 0. The Morgan fingerprint density at radius 2 is 1.92 bits per heavy atom. The van der Waals surface area contributed by atoms with E-state index in [4.69, 9.17) is 11.6 Å². The highest BCUT2D eigenvalue weighted by Gasteiger charge is 2.62. The van der Waals surface area contributed by atoms with E-state index in [1.807, 2.05) is 0 Å². The average molecular weight is 541 g/mol. The Morgan fingerprint density at radius 1 is 1.19 bits per heavy atom. The largest absolute Gasteiger partial charge is 0.504 e.